The molecule has 5 rings (SSSR count). The van der Waals surface area contributed by atoms with E-state index in [1.807, 2.05) is 31.2 Å². The highest BCUT2D eigenvalue weighted by Crippen LogP contribution is 2.55. The number of amides is 2. The van der Waals surface area contributed by atoms with Crippen LogP contribution in [0.3, 0.4) is 0 Å². The number of rotatable bonds is 8. The SMILES string of the molecule is CC1(c2ccc(F)c(F)c2)CC1C(=O)N1CC(NC(=O)COc2ccccc2[N+](=O)[O-])(c2ccc(Br)cc2)C1. The Kier molecular flexibility index (Phi) is 6.88. The summed E-state index contributed by atoms with van der Waals surface area (Å²) in [6.07, 6.45) is 0.509. The van der Waals surface area contributed by atoms with Crippen molar-refractivity contribution >= 4 is 33.4 Å². The highest BCUT2D eigenvalue weighted by Gasteiger charge is 2.59. The number of halogens is 3. The van der Waals surface area contributed by atoms with Gasteiger partial charge in [0.15, 0.2) is 24.0 Å². The molecule has 3 aromatic rings. The normalized spacial score (nSPS) is 21.0. The van der Waals surface area contributed by atoms with E-state index in [9.17, 15) is 28.5 Å². The largest absolute Gasteiger partial charge is 0.477 e. The van der Waals surface area contributed by atoms with Gasteiger partial charge in [0.1, 0.15) is 5.54 Å². The molecule has 1 heterocycles. The summed E-state index contributed by atoms with van der Waals surface area (Å²) in [6, 6.07) is 16.9. The lowest BCUT2D eigenvalue weighted by Crippen LogP contribution is -2.69. The van der Waals surface area contributed by atoms with Gasteiger partial charge in [-0.1, -0.05) is 53.2 Å². The topological polar surface area (TPSA) is 102 Å². The minimum atomic E-state index is -0.948. The van der Waals surface area contributed by atoms with E-state index in [0.717, 1.165) is 22.2 Å². The highest BCUT2D eigenvalue weighted by molar-refractivity contribution is 9.10. The predicted molar refractivity (Wildman–Crippen MR) is 141 cm³/mol. The third-order valence-electron chi connectivity index (χ3n) is 7.54. The molecule has 2 unspecified atom stereocenters. The predicted octanol–water partition coefficient (Wildman–Crippen LogP) is 4.85. The van der Waals surface area contributed by atoms with Crippen LogP contribution in [0, 0.1) is 27.7 Å². The van der Waals surface area contributed by atoms with Crippen LogP contribution in [0.15, 0.2) is 71.2 Å². The molecular formula is C28H24BrF2N3O5. The van der Waals surface area contributed by atoms with Crippen molar-refractivity contribution in [2.45, 2.75) is 24.3 Å². The average molecular weight is 600 g/mol. The Morgan fingerprint density at radius 3 is 2.41 bits per heavy atom. The van der Waals surface area contributed by atoms with E-state index in [1.54, 1.807) is 11.0 Å². The quantitative estimate of drug-likeness (QED) is 0.295. The smallest absolute Gasteiger partial charge is 0.310 e. The lowest BCUT2D eigenvalue weighted by molar-refractivity contribution is -0.385. The number of benzene rings is 3. The summed E-state index contributed by atoms with van der Waals surface area (Å²) in [5, 5.41) is 14.2. The van der Waals surface area contributed by atoms with E-state index in [1.165, 1.54) is 24.3 Å². The minimum absolute atomic E-state index is 0.0222. The maximum absolute atomic E-state index is 13.8. The molecule has 1 saturated heterocycles. The molecule has 1 aliphatic carbocycles. The fraction of sp³-hybridized carbons (Fsp3) is 0.286. The monoisotopic (exact) mass is 599 g/mol. The van der Waals surface area contributed by atoms with Crippen molar-refractivity contribution < 1.29 is 28.0 Å². The number of ether oxygens (including phenoxy) is 1. The van der Waals surface area contributed by atoms with Crippen LogP contribution in [0.5, 0.6) is 5.75 Å². The van der Waals surface area contributed by atoms with Crippen LogP contribution in [0.2, 0.25) is 0 Å². The van der Waals surface area contributed by atoms with Gasteiger partial charge >= 0.3 is 5.69 Å². The summed E-state index contributed by atoms with van der Waals surface area (Å²) >= 11 is 3.40. The molecule has 2 fully saturated rings. The Labute approximate surface area is 231 Å². The first-order valence-electron chi connectivity index (χ1n) is 12.2. The Balaban J connectivity index is 1.28. The van der Waals surface area contributed by atoms with Crippen molar-refractivity contribution in [1.29, 1.82) is 0 Å². The molecule has 0 spiro atoms. The molecule has 11 heteroatoms. The number of hydrogen-bond donors (Lipinski definition) is 1. The van der Waals surface area contributed by atoms with Crippen molar-refractivity contribution in [2.75, 3.05) is 19.7 Å². The maximum atomic E-state index is 13.8. The number of nitro benzene ring substituents is 1. The van der Waals surface area contributed by atoms with E-state index in [-0.39, 0.29) is 36.4 Å². The van der Waals surface area contributed by atoms with E-state index in [0.29, 0.717) is 12.0 Å². The number of carbonyl (C=O) groups is 2. The molecule has 1 aliphatic heterocycles. The van der Waals surface area contributed by atoms with Crippen molar-refractivity contribution in [3.05, 3.63) is 104 Å². The molecule has 2 amide bonds. The summed E-state index contributed by atoms with van der Waals surface area (Å²) in [5.41, 5.74) is -0.370. The van der Waals surface area contributed by atoms with Crippen LogP contribution < -0.4 is 10.1 Å². The lowest BCUT2D eigenvalue weighted by Gasteiger charge is -2.51. The molecule has 1 N–H and O–H groups in total. The van der Waals surface area contributed by atoms with Gasteiger partial charge in [0, 0.05) is 35.0 Å². The first-order valence-corrected chi connectivity index (χ1v) is 13.0. The summed E-state index contributed by atoms with van der Waals surface area (Å²) < 4.78 is 33.5. The number of para-hydroxylation sites is 2. The second kappa shape index (κ2) is 10.0. The van der Waals surface area contributed by atoms with Crippen LogP contribution in [0.4, 0.5) is 14.5 Å². The van der Waals surface area contributed by atoms with E-state index in [2.05, 4.69) is 21.2 Å². The van der Waals surface area contributed by atoms with E-state index < -0.39 is 40.0 Å². The van der Waals surface area contributed by atoms with Crippen LogP contribution in [0.1, 0.15) is 24.5 Å². The van der Waals surface area contributed by atoms with E-state index in [4.69, 9.17) is 4.74 Å². The number of hydrogen-bond acceptors (Lipinski definition) is 5. The summed E-state index contributed by atoms with van der Waals surface area (Å²) in [4.78, 5) is 38.6. The third-order valence-corrected chi connectivity index (χ3v) is 8.07. The molecule has 0 aromatic heterocycles. The molecule has 0 bridgehead atoms. The fourth-order valence-corrected chi connectivity index (χ4v) is 5.42. The molecule has 2 atom stereocenters. The summed E-state index contributed by atoms with van der Waals surface area (Å²) in [6.45, 7) is 1.81. The fourth-order valence-electron chi connectivity index (χ4n) is 5.16. The van der Waals surface area contributed by atoms with Gasteiger partial charge in [0.05, 0.1) is 4.92 Å². The van der Waals surface area contributed by atoms with Gasteiger partial charge < -0.3 is 15.0 Å². The standard InChI is InChI=1S/C28H24BrF2N3O5/c1-27(18-8-11-21(30)22(31)12-18)13-20(27)26(36)33-15-28(16-33,17-6-9-19(29)10-7-17)32-25(35)14-39-24-5-3-2-4-23(24)34(37)38/h2-12,20H,13-16H2,1H3,(H,32,35). The Morgan fingerprint density at radius 2 is 1.74 bits per heavy atom. The molecular weight excluding hydrogens is 576 g/mol. The van der Waals surface area contributed by atoms with Gasteiger partial charge in [0.2, 0.25) is 5.91 Å². The highest BCUT2D eigenvalue weighted by atomic mass is 79.9. The van der Waals surface area contributed by atoms with Gasteiger partial charge in [-0.25, -0.2) is 8.78 Å². The molecule has 8 nitrogen and oxygen atoms in total. The zero-order valence-electron chi connectivity index (χ0n) is 20.8. The molecule has 202 valence electrons. The lowest BCUT2D eigenvalue weighted by atomic mass is 9.81. The zero-order valence-corrected chi connectivity index (χ0v) is 22.4. The Hall–Kier alpha value is -3.86. The van der Waals surface area contributed by atoms with Crippen LogP contribution in [-0.2, 0) is 20.5 Å². The van der Waals surface area contributed by atoms with E-state index >= 15 is 0 Å². The van der Waals surface area contributed by atoms with Crippen molar-refractivity contribution in [2.24, 2.45) is 5.92 Å². The number of nitrogens with one attached hydrogen (secondary N) is 1. The van der Waals surface area contributed by atoms with Crippen LogP contribution in [-0.4, -0.2) is 41.3 Å². The van der Waals surface area contributed by atoms with Crippen molar-refractivity contribution in [1.82, 2.24) is 10.2 Å². The van der Waals surface area contributed by atoms with Crippen LogP contribution >= 0.6 is 15.9 Å². The van der Waals surface area contributed by atoms with Gasteiger partial charge in [-0.15, -0.1) is 0 Å². The summed E-state index contributed by atoms with van der Waals surface area (Å²) in [5.74, 6) is -2.92. The Bertz CT molecular complexity index is 1460. The maximum Gasteiger partial charge on any atom is 0.310 e. The average Bonchev–Trinajstić information content (AvgIpc) is 3.59. The number of nitro groups is 1. The number of nitrogens with zero attached hydrogens (tertiary/aromatic N) is 2. The molecule has 1 saturated carbocycles. The second-order valence-electron chi connectivity index (χ2n) is 10.1. The van der Waals surface area contributed by atoms with Crippen molar-refractivity contribution in [3.63, 3.8) is 0 Å². The Morgan fingerprint density at radius 1 is 1.08 bits per heavy atom. The summed E-state index contributed by atoms with van der Waals surface area (Å²) in [7, 11) is 0. The third kappa shape index (κ3) is 5.10. The molecule has 39 heavy (non-hydrogen) atoms. The second-order valence-corrected chi connectivity index (χ2v) is 11.1. The van der Waals surface area contributed by atoms with Gasteiger partial charge in [-0.2, -0.15) is 0 Å². The number of likely N-dealkylation sites (tertiary alicyclic amines) is 1. The molecule has 0 radical (unpaired) electrons. The minimum Gasteiger partial charge on any atom is -0.477 e. The van der Waals surface area contributed by atoms with Gasteiger partial charge in [0.25, 0.3) is 5.91 Å². The van der Waals surface area contributed by atoms with Crippen LogP contribution in [0.25, 0.3) is 0 Å². The van der Waals surface area contributed by atoms with Gasteiger partial charge in [-0.05, 0) is 47.9 Å². The zero-order chi connectivity index (χ0) is 27.9. The molecule has 3 aromatic carbocycles. The van der Waals surface area contributed by atoms with Gasteiger partial charge in [-0.3, -0.25) is 19.7 Å². The first kappa shape index (κ1) is 26.7. The first-order chi connectivity index (χ1) is 18.5. The number of carbonyl (C=O) groups excluding carboxylic acids is 2. The molecule has 2 aliphatic rings. The van der Waals surface area contributed by atoms with Crippen molar-refractivity contribution in [3.8, 4) is 5.75 Å².